The van der Waals surface area contributed by atoms with Crippen molar-refractivity contribution in [2.24, 2.45) is 0 Å². The first-order valence-corrected chi connectivity index (χ1v) is 5.41. The van der Waals surface area contributed by atoms with Crippen LogP contribution in [0.5, 0.6) is 11.5 Å². The Morgan fingerprint density at radius 3 is 2.21 bits per heavy atom. The fraction of sp³-hybridized carbons (Fsp3) is 0.0769. The van der Waals surface area contributed by atoms with E-state index in [1.54, 1.807) is 24.3 Å². The Hall–Kier alpha value is -1.95. The standard InChI is InChI=1S/C13H9BF3O2/c15-13(16,17)9-2-1-3-12(8-9)19-11-6-4-10(14-18)5-7-11/h1-8,18H. The average Bonchev–Trinajstić information content (AvgIpc) is 2.39. The van der Waals surface area contributed by atoms with E-state index in [9.17, 15) is 13.2 Å². The predicted octanol–water partition coefficient (Wildman–Crippen LogP) is 2.73. The molecule has 0 spiro atoms. The molecule has 0 heterocycles. The number of benzene rings is 2. The molecule has 2 aromatic rings. The van der Waals surface area contributed by atoms with Gasteiger partial charge in [-0.25, -0.2) is 0 Å². The lowest BCUT2D eigenvalue weighted by Crippen LogP contribution is -2.11. The molecule has 0 amide bonds. The predicted molar refractivity (Wildman–Crippen MR) is 65.6 cm³/mol. The van der Waals surface area contributed by atoms with Gasteiger partial charge in [-0.1, -0.05) is 23.7 Å². The lowest BCUT2D eigenvalue weighted by molar-refractivity contribution is -0.137. The lowest BCUT2D eigenvalue weighted by Gasteiger charge is -2.10. The highest BCUT2D eigenvalue weighted by atomic mass is 19.4. The molecular formula is C13H9BF3O2. The van der Waals surface area contributed by atoms with Crippen molar-refractivity contribution >= 4 is 12.9 Å². The van der Waals surface area contributed by atoms with E-state index in [2.05, 4.69) is 0 Å². The molecule has 2 rings (SSSR count). The third-order valence-corrected chi connectivity index (χ3v) is 2.43. The van der Waals surface area contributed by atoms with Crippen LogP contribution in [0.15, 0.2) is 48.5 Å². The maximum atomic E-state index is 12.5. The smallest absolute Gasteiger partial charge is 0.416 e. The van der Waals surface area contributed by atoms with E-state index < -0.39 is 11.7 Å². The van der Waals surface area contributed by atoms with Gasteiger partial charge in [0.25, 0.3) is 0 Å². The van der Waals surface area contributed by atoms with Gasteiger partial charge in [-0.2, -0.15) is 13.2 Å². The maximum Gasteiger partial charge on any atom is 0.416 e. The van der Waals surface area contributed by atoms with Crippen molar-refractivity contribution in [3.8, 4) is 11.5 Å². The third-order valence-electron chi connectivity index (χ3n) is 2.43. The molecule has 0 unspecified atom stereocenters. The third kappa shape index (κ3) is 3.51. The number of alkyl halides is 3. The first kappa shape index (κ1) is 13.5. The van der Waals surface area contributed by atoms with E-state index in [-0.39, 0.29) is 5.75 Å². The molecule has 1 radical (unpaired) electrons. The van der Waals surface area contributed by atoms with E-state index in [0.29, 0.717) is 11.2 Å². The van der Waals surface area contributed by atoms with Gasteiger partial charge in [0.2, 0.25) is 0 Å². The van der Waals surface area contributed by atoms with Crippen molar-refractivity contribution in [2.75, 3.05) is 0 Å². The van der Waals surface area contributed by atoms with Gasteiger partial charge in [0.05, 0.1) is 5.56 Å². The normalized spacial score (nSPS) is 11.2. The highest BCUT2D eigenvalue weighted by Gasteiger charge is 2.30. The molecule has 0 aliphatic rings. The Morgan fingerprint density at radius 2 is 1.63 bits per heavy atom. The Labute approximate surface area is 108 Å². The van der Waals surface area contributed by atoms with E-state index in [0.717, 1.165) is 19.6 Å². The second-order valence-electron chi connectivity index (χ2n) is 3.83. The number of ether oxygens (including phenoxy) is 1. The summed E-state index contributed by atoms with van der Waals surface area (Å²) in [6.07, 6.45) is -4.39. The van der Waals surface area contributed by atoms with Crippen molar-refractivity contribution in [2.45, 2.75) is 6.18 Å². The molecule has 0 aliphatic carbocycles. The van der Waals surface area contributed by atoms with E-state index in [4.69, 9.17) is 9.76 Å². The number of hydrogen-bond acceptors (Lipinski definition) is 2. The quantitative estimate of drug-likeness (QED) is 0.864. The molecule has 0 fully saturated rings. The molecule has 97 valence electrons. The zero-order valence-electron chi connectivity index (χ0n) is 9.69. The molecule has 6 heteroatoms. The van der Waals surface area contributed by atoms with Crippen LogP contribution in [0.4, 0.5) is 13.2 Å². The Bertz CT molecular complexity index is 553. The minimum Gasteiger partial charge on any atom is -0.457 e. The first-order valence-electron chi connectivity index (χ1n) is 5.41. The molecule has 0 saturated carbocycles. The Kier molecular flexibility index (Phi) is 3.80. The van der Waals surface area contributed by atoms with Crippen LogP contribution in [-0.2, 0) is 6.18 Å². The molecule has 0 aliphatic heterocycles. The molecule has 0 saturated heterocycles. The summed E-state index contributed by atoms with van der Waals surface area (Å²) in [7, 11) is 0.925. The summed E-state index contributed by atoms with van der Waals surface area (Å²) >= 11 is 0. The second kappa shape index (κ2) is 5.36. The zero-order chi connectivity index (χ0) is 13.9. The van der Waals surface area contributed by atoms with Gasteiger partial charge in [-0.15, -0.1) is 0 Å². The van der Waals surface area contributed by atoms with Crippen molar-refractivity contribution in [3.63, 3.8) is 0 Å². The van der Waals surface area contributed by atoms with Crippen LogP contribution in [0.2, 0.25) is 0 Å². The van der Waals surface area contributed by atoms with Gasteiger partial charge in [0, 0.05) is 0 Å². The monoisotopic (exact) mass is 265 g/mol. The van der Waals surface area contributed by atoms with Gasteiger partial charge in [0.1, 0.15) is 11.5 Å². The van der Waals surface area contributed by atoms with Crippen molar-refractivity contribution in [1.29, 1.82) is 0 Å². The van der Waals surface area contributed by atoms with Gasteiger partial charge in [0.15, 0.2) is 0 Å². The number of rotatable bonds is 3. The maximum absolute atomic E-state index is 12.5. The average molecular weight is 265 g/mol. The van der Waals surface area contributed by atoms with Crippen LogP contribution in [-0.4, -0.2) is 12.5 Å². The van der Waals surface area contributed by atoms with Gasteiger partial charge in [-0.05, 0) is 30.3 Å². The minimum absolute atomic E-state index is 0.107. The van der Waals surface area contributed by atoms with Crippen LogP contribution in [0.1, 0.15) is 5.56 Å². The van der Waals surface area contributed by atoms with Crippen LogP contribution in [0, 0.1) is 0 Å². The summed E-state index contributed by atoms with van der Waals surface area (Å²) < 4.78 is 42.9. The van der Waals surface area contributed by atoms with Crippen molar-refractivity contribution in [1.82, 2.24) is 0 Å². The molecule has 0 aromatic heterocycles. The van der Waals surface area contributed by atoms with Gasteiger partial charge < -0.3 is 9.76 Å². The molecule has 0 atom stereocenters. The number of halogens is 3. The summed E-state index contributed by atoms with van der Waals surface area (Å²) in [5.41, 5.74) is -0.179. The van der Waals surface area contributed by atoms with Crippen LogP contribution >= 0.6 is 0 Å². The first-order chi connectivity index (χ1) is 8.99. The topological polar surface area (TPSA) is 29.5 Å². The van der Waals surface area contributed by atoms with Crippen molar-refractivity contribution < 1.29 is 22.9 Å². The molecular weight excluding hydrogens is 256 g/mol. The van der Waals surface area contributed by atoms with E-state index >= 15 is 0 Å². The van der Waals surface area contributed by atoms with Crippen LogP contribution < -0.4 is 10.2 Å². The molecule has 1 N–H and O–H groups in total. The summed E-state index contributed by atoms with van der Waals surface area (Å²) in [5.74, 6) is 0.500. The summed E-state index contributed by atoms with van der Waals surface area (Å²) in [4.78, 5) is 0. The lowest BCUT2D eigenvalue weighted by atomic mass is 9.89. The fourth-order valence-electron chi connectivity index (χ4n) is 1.49. The highest BCUT2D eigenvalue weighted by Crippen LogP contribution is 2.32. The fourth-order valence-corrected chi connectivity index (χ4v) is 1.49. The molecule has 2 nitrogen and oxygen atoms in total. The Morgan fingerprint density at radius 1 is 0.947 bits per heavy atom. The number of hydrogen-bond donors (Lipinski definition) is 1. The van der Waals surface area contributed by atoms with Crippen LogP contribution in [0.3, 0.4) is 0 Å². The largest absolute Gasteiger partial charge is 0.457 e. The second-order valence-corrected chi connectivity index (χ2v) is 3.83. The SMILES string of the molecule is O[B]c1ccc(Oc2cccc(C(F)(F)F)c2)cc1. The molecule has 19 heavy (non-hydrogen) atoms. The van der Waals surface area contributed by atoms with Gasteiger partial charge >= 0.3 is 13.7 Å². The van der Waals surface area contributed by atoms with E-state index in [1.807, 2.05) is 0 Å². The van der Waals surface area contributed by atoms with Gasteiger partial charge in [-0.3, -0.25) is 0 Å². The summed E-state index contributed by atoms with van der Waals surface area (Å²) in [6, 6.07) is 10.9. The molecule has 2 aromatic carbocycles. The van der Waals surface area contributed by atoms with E-state index in [1.165, 1.54) is 12.1 Å². The minimum atomic E-state index is -4.39. The zero-order valence-corrected chi connectivity index (χ0v) is 9.69. The Balaban J connectivity index is 2.18. The molecule has 0 bridgehead atoms. The summed E-state index contributed by atoms with van der Waals surface area (Å²) in [6.45, 7) is 0. The highest BCUT2D eigenvalue weighted by molar-refractivity contribution is 6.45. The summed E-state index contributed by atoms with van der Waals surface area (Å²) in [5, 5.41) is 8.75. The van der Waals surface area contributed by atoms with Crippen LogP contribution in [0.25, 0.3) is 0 Å². The van der Waals surface area contributed by atoms with Crippen molar-refractivity contribution in [3.05, 3.63) is 54.1 Å².